The second-order valence-electron chi connectivity index (χ2n) is 10.3. The molecule has 1 aromatic carbocycles. The van der Waals surface area contributed by atoms with Gasteiger partial charge in [-0.05, 0) is 42.7 Å². The summed E-state index contributed by atoms with van der Waals surface area (Å²) in [5.74, 6) is 0.754. The molecule has 2 N–H and O–H groups in total. The summed E-state index contributed by atoms with van der Waals surface area (Å²) in [7, 11) is -0.714. The van der Waals surface area contributed by atoms with Crippen molar-refractivity contribution in [3.63, 3.8) is 0 Å². The number of pyridine rings is 1. The van der Waals surface area contributed by atoms with E-state index >= 15 is 0 Å². The Morgan fingerprint density at radius 1 is 1.13 bits per heavy atom. The number of ether oxygens (including phenoxy) is 5. The van der Waals surface area contributed by atoms with Crippen molar-refractivity contribution >= 4 is 44.6 Å². The number of carbonyl (C=O) groups excluding carboxylic acids is 2. The minimum atomic E-state index is -3.59. The second kappa shape index (κ2) is 15.1. The largest absolute Gasteiger partial charge is 0.493 e. The van der Waals surface area contributed by atoms with Crippen molar-refractivity contribution < 1.29 is 45.9 Å². The molecule has 0 atom stereocenters. The van der Waals surface area contributed by atoms with Gasteiger partial charge in [0.25, 0.3) is 15.7 Å². The van der Waals surface area contributed by atoms with E-state index in [-0.39, 0.29) is 74.9 Å². The van der Waals surface area contributed by atoms with Gasteiger partial charge < -0.3 is 38.9 Å². The number of rotatable bonds is 12. The summed E-state index contributed by atoms with van der Waals surface area (Å²) in [5.41, 5.74) is 7.30. The maximum Gasteiger partial charge on any atom is 0.415 e. The predicted molar refractivity (Wildman–Crippen MR) is 169 cm³/mol. The van der Waals surface area contributed by atoms with Gasteiger partial charge in [0.05, 0.1) is 37.6 Å². The van der Waals surface area contributed by atoms with Gasteiger partial charge >= 0.3 is 12.1 Å². The SMILES string of the molecule is C=C1/C=C2/OCO/C2=C/C/C=C\c2c1n(CCN)c(=O)c1cc(OC(=O)N(C)CCOC(=O)CCCOS(C)(=O)=O)c(OC)cc21. The standard InChI is InChI=1S/C31H37N3O11S/c1-20-16-26-24(42-19-43-26)9-6-5-8-21-22-17-25(40-3)27(18-23(22)30(36)34(12-11-32)29(20)21)45-31(37)33(2)13-15-41-28(35)10-7-14-44-46(4,38)39/h5,8-9,16-18H,1,6-7,10-15,19,32H2,2-4H3/b8-5-,24-9+,26-16+. The summed E-state index contributed by atoms with van der Waals surface area (Å²) in [6.07, 6.45) is 8.20. The number of amides is 1. The molecule has 15 heteroatoms. The minimum absolute atomic E-state index is 0.00441. The lowest BCUT2D eigenvalue weighted by Gasteiger charge is -2.21. The average Bonchev–Trinajstić information content (AvgIpc) is 3.45. The lowest BCUT2D eigenvalue weighted by Crippen LogP contribution is -2.33. The van der Waals surface area contributed by atoms with E-state index < -0.39 is 22.2 Å². The summed E-state index contributed by atoms with van der Waals surface area (Å²) in [4.78, 5) is 40.0. The van der Waals surface area contributed by atoms with Crippen LogP contribution in [-0.4, -0.2) is 83.5 Å². The van der Waals surface area contributed by atoms with E-state index in [1.54, 1.807) is 12.1 Å². The fourth-order valence-electron chi connectivity index (χ4n) is 4.79. The Morgan fingerprint density at radius 2 is 1.87 bits per heavy atom. The number of methoxy groups -OCH3 is 1. The molecule has 0 radical (unpaired) electrons. The van der Waals surface area contributed by atoms with Gasteiger partial charge in [0, 0.05) is 37.5 Å². The van der Waals surface area contributed by atoms with Crippen molar-refractivity contribution in [3.8, 4) is 11.5 Å². The molecule has 1 saturated heterocycles. The number of nitrogens with zero attached hydrogens (tertiary/aromatic N) is 2. The quantitative estimate of drug-likeness (QED) is 0.201. The summed E-state index contributed by atoms with van der Waals surface area (Å²) in [6, 6.07) is 3.08. The van der Waals surface area contributed by atoms with Gasteiger partial charge in [-0.2, -0.15) is 8.42 Å². The number of likely N-dealkylation sites (N-methyl/N-ethyl adjacent to an activating group) is 1. The zero-order valence-corrected chi connectivity index (χ0v) is 26.7. The summed E-state index contributed by atoms with van der Waals surface area (Å²) in [5, 5.41) is 0.822. The zero-order valence-electron chi connectivity index (χ0n) is 25.9. The van der Waals surface area contributed by atoms with Crippen molar-refractivity contribution in [2.24, 2.45) is 5.73 Å². The molecule has 0 spiro atoms. The van der Waals surface area contributed by atoms with Crippen LogP contribution in [0.5, 0.6) is 11.5 Å². The Bertz CT molecular complexity index is 1770. The van der Waals surface area contributed by atoms with Crippen LogP contribution in [0.1, 0.15) is 30.5 Å². The van der Waals surface area contributed by atoms with Crippen LogP contribution >= 0.6 is 0 Å². The lowest BCUT2D eigenvalue weighted by molar-refractivity contribution is -0.144. The molecule has 14 nitrogen and oxygen atoms in total. The van der Waals surface area contributed by atoms with Crippen LogP contribution < -0.4 is 20.8 Å². The van der Waals surface area contributed by atoms with Crippen molar-refractivity contribution in [1.82, 2.24) is 9.47 Å². The molecule has 1 aromatic heterocycles. The molecule has 1 fully saturated rings. The average molecular weight is 660 g/mol. The molecular weight excluding hydrogens is 622 g/mol. The Kier molecular flexibility index (Phi) is 11.3. The maximum atomic E-state index is 13.9. The molecule has 46 heavy (non-hydrogen) atoms. The minimum Gasteiger partial charge on any atom is -0.493 e. The molecule has 0 bridgehead atoms. The van der Waals surface area contributed by atoms with E-state index in [1.165, 1.54) is 29.7 Å². The number of fused-ring (bicyclic) bond motifs is 4. The highest BCUT2D eigenvalue weighted by molar-refractivity contribution is 7.85. The molecule has 2 aromatic rings. The highest BCUT2D eigenvalue weighted by atomic mass is 32.2. The topological polar surface area (TPSA) is 175 Å². The van der Waals surface area contributed by atoms with Crippen LogP contribution in [0.4, 0.5) is 4.79 Å². The Labute approximate surface area is 266 Å². The van der Waals surface area contributed by atoms with Gasteiger partial charge in [-0.15, -0.1) is 0 Å². The molecular formula is C31H37N3O11S. The van der Waals surface area contributed by atoms with Gasteiger partial charge in [0.15, 0.2) is 23.0 Å². The highest BCUT2D eigenvalue weighted by Crippen LogP contribution is 2.37. The number of hydrogen-bond donors (Lipinski definition) is 1. The molecule has 1 aliphatic carbocycles. The van der Waals surface area contributed by atoms with Crippen molar-refractivity contribution in [2.45, 2.75) is 25.8 Å². The first-order chi connectivity index (χ1) is 21.9. The molecule has 2 heterocycles. The smallest absolute Gasteiger partial charge is 0.415 e. The first kappa shape index (κ1) is 34.3. The molecule has 1 amide bonds. The number of carbonyl (C=O) groups is 2. The van der Waals surface area contributed by atoms with Crippen LogP contribution in [0.2, 0.25) is 0 Å². The molecule has 0 unspecified atom stereocenters. The van der Waals surface area contributed by atoms with Crippen LogP contribution in [0.15, 0.2) is 53.3 Å². The van der Waals surface area contributed by atoms with Crippen molar-refractivity contribution in [1.29, 1.82) is 0 Å². The number of nitrogens with two attached hydrogens (primary N) is 1. The van der Waals surface area contributed by atoms with Gasteiger partial charge in [-0.3, -0.25) is 13.8 Å². The number of benzene rings is 1. The first-order valence-corrected chi connectivity index (χ1v) is 16.2. The Hall–Kier alpha value is -4.60. The van der Waals surface area contributed by atoms with E-state index in [4.69, 9.17) is 29.4 Å². The van der Waals surface area contributed by atoms with Crippen LogP contribution in [-0.2, 0) is 39.9 Å². The third kappa shape index (κ3) is 8.35. The molecule has 1 aliphatic heterocycles. The third-order valence-electron chi connectivity index (χ3n) is 6.97. The summed E-state index contributed by atoms with van der Waals surface area (Å²) < 4.78 is 55.6. The van der Waals surface area contributed by atoms with E-state index in [1.807, 2.05) is 18.2 Å². The normalized spacial score (nSPS) is 17.3. The molecule has 4 rings (SSSR count). The van der Waals surface area contributed by atoms with Gasteiger partial charge in [-0.25, -0.2) is 4.79 Å². The predicted octanol–water partition coefficient (Wildman–Crippen LogP) is 2.90. The molecule has 248 valence electrons. The second-order valence-corrected chi connectivity index (χ2v) is 12.0. The van der Waals surface area contributed by atoms with Crippen LogP contribution in [0.25, 0.3) is 22.4 Å². The number of hydrogen-bond acceptors (Lipinski definition) is 12. The lowest BCUT2D eigenvalue weighted by atomic mass is 9.97. The summed E-state index contributed by atoms with van der Waals surface area (Å²) >= 11 is 0. The van der Waals surface area contributed by atoms with Gasteiger partial charge in [-0.1, -0.05) is 18.7 Å². The highest BCUT2D eigenvalue weighted by Gasteiger charge is 2.24. The molecule has 2 aliphatic rings. The first-order valence-electron chi connectivity index (χ1n) is 14.4. The monoisotopic (exact) mass is 659 g/mol. The third-order valence-corrected chi connectivity index (χ3v) is 7.57. The van der Waals surface area contributed by atoms with Gasteiger partial charge in [0.1, 0.15) is 6.61 Å². The van der Waals surface area contributed by atoms with E-state index in [9.17, 15) is 22.8 Å². The number of esters is 1. The Balaban J connectivity index is 1.57. The maximum absolute atomic E-state index is 13.9. The van der Waals surface area contributed by atoms with Crippen LogP contribution in [0, 0.1) is 0 Å². The summed E-state index contributed by atoms with van der Waals surface area (Å²) in [6.45, 7) is 4.42. The Morgan fingerprint density at radius 3 is 2.59 bits per heavy atom. The van der Waals surface area contributed by atoms with Gasteiger partial charge in [0.2, 0.25) is 6.79 Å². The number of allylic oxidation sites excluding steroid dienone is 4. The van der Waals surface area contributed by atoms with E-state index in [2.05, 4.69) is 10.8 Å². The fraction of sp³-hybridized carbons (Fsp3) is 0.387. The van der Waals surface area contributed by atoms with Crippen LogP contribution in [0.3, 0.4) is 0 Å². The van der Waals surface area contributed by atoms with E-state index in [0.29, 0.717) is 40.2 Å². The fourth-order valence-corrected chi connectivity index (χ4v) is 5.21. The van der Waals surface area contributed by atoms with Crippen molar-refractivity contribution in [2.75, 3.05) is 53.5 Å². The van der Waals surface area contributed by atoms with E-state index in [0.717, 1.165) is 6.26 Å². The molecule has 0 saturated carbocycles. The number of aromatic nitrogens is 1. The zero-order chi connectivity index (χ0) is 33.4. The van der Waals surface area contributed by atoms with Crippen molar-refractivity contribution in [3.05, 3.63) is 70.1 Å².